The quantitative estimate of drug-likeness (QED) is 0.726. The van der Waals surface area contributed by atoms with Gasteiger partial charge in [0.2, 0.25) is 5.95 Å². The fourth-order valence-corrected chi connectivity index (χ4v) is 2.45. The molecule has 2 aromatic heterocycles. The van der Waals surface area contributed by atoms with Crippen molar-refractivity contribution in [3.8, 4) is 0 Å². The van der Waals surface area contributed by atoms with Gasteiger partial charge in [0.25, 0.3) is 6.43 Å². The minimum absolute atomic E-state index is 0.0817. The molecule has 0 spiro atoms. The van der Waals surface area contributed by atoms with Gasteiger partial charge >= 0.3 is 0 Å². The molecule has 9 heteroatoms. The summed E-state index contributed by atoms with van der Waals surface area (Å²) in [4.78, 5) is 8.51. The van der Waals surface area contributed by atoms with Crippen LogP contribution in [0.1, 0.15) is 0 Å². The van der Waals surface area contributed by atoms with Gasteiger partial charge in [0.05, 0.1) is 17.4 Å². The Bertz CT molecular complexity index is 823. The van der Waals surface area contributed by atoms with Crippen LogP contribution in [0.4, 0.5) is 20.4 Å². The molecule has 0 radical (unpaired) electrons. The van der Waals surface area contributed by atoms with Crippen molar-refractivity contribution < 1.29 is 8.78 Å². The van der Waals surface area contributed by atoms with Crippen molar-refractivity contribution in [3.63, 3.8) is 0 Å². The molecule has 0 saturated carbocycles. The zero-order valence-corrected chi connectivity index (χ0v) is 13.3. The molecule has 1 aromatic carbocycles. The lowest BCUT2D eigenvalue weighted by atomic mass is 10.2. The SMILES string of the molecule is FC(F)Cn1ncc(Nc2ncc3ccc(Br)cc3n2)c1Cl. The average Bonchev–Trinajstić information content (AvgIpc) is 2.79. The Kier molecular flexibility index (Phi) is 4.21. The van der Waals surface area contributed by atoms with Crippen LogP contribution < -0.4 is 5.32 Å². The van der Waals surface area contributed by atoms with Crippen molar-refractivity contribution >= 4 is 50.1 Å². The fraction of sp³-hybridized carbons (Fsp3) is 0.154. The number of alkyl halides is 2. The maximum Gasteiger partial charge on any atom is 0.257 e. The Morgan fingerprint density at radius 1 is 1.32 bits per heavy atom. The van der Waals surface area contributed by atoms with Crippen LogP contribution in [0.3, 0.4) is 0 Å². The summed E-state index contributed by atoms with van der Waals surface area (Å²) in [6.45, 7) is -0.563. The first-order chi connectivity index (χ1) is 10.5. The maximum absolute atomic E-state index is 12.4. The molecule has 0 unspecified atom stereocenters. The first-order valence-corrected chi connectivity index (χ1v) is 7.39. The monoisotopic (exact) mass is 387 g/mol. The molecular weight excluding hydrogens is 380 g/mol. The smallest absolute Gasteiger partial charge is 0.257 e. The molecule has 0 aliphatic heterocycles. The van der Waals surface area contributed by atoms with Crippen LogP contribution in [-0.2, 0) is 6.54 Å². The Labute approximate surface area is 137 Å². The van der Waals surface area contributed by atoms with Gasteiger partial charge in [-0.2, -0.15) is 5.10 Å². The fourth-order valence-electron chi connectivity index (χ4n) is 1.89. The number of nitrogens with zero attached hydrogens (tertiary/aromatic N) is 4. The van der Waals surface area contributed by atoms with E-state index in [0.717, 1.165) is 20.1 Å². The van der Waals surface area contributed by atoms with Crippen LogP contribution in [0.5, 0.6) is 0 Å². The predicted molar refractivity (Wildman–Crippen MR) is 83.8 cm³/mol. The summed E-state index contributed by atoms with van der Waals surface area (Å²) in [5.74, 6) is 0.309. The molecule has 3 rings (SSSR count). The van der Waals surface area contributed by atoms with Gasteiger partial charge in [-0.3, -0.25) is 0 Å². The van der Waals surface area contributed by atoms with Crippen molar-refractivity contribution in [1.82, 2.24) is 19.7 Å². The van der Waals surface area contributed by atoms with Crippen molar-refractivity contribution in [3.05, 3.63) is 40.2 Å². The minimum atomic E-state index is -2.53. The van der Waals surface area contributed by atoms with Gasteiger partial charge in [0.1, 0.15) is 6.54 Å². The number of nitrogens with one attached hydrogen (secondary N) is 1. The molecule has 5 nitrogen and oxygen atoms in total. The molecule has 0 aliphatic rings. The normalized spacial score (nSPS) is 11.3. The van der Waals surface area contributed by atoms with E-state index >= 15 is 0 Å². The molecule has 0 amide bonds. The first-order valence-electron chi connectivity index (χ1n) is 6.22. The van der Waals surface area contributed by atoms with E-state index in [-0.39, 0.29) is 5.15 Å². The standard InChI is InChI=1S/C13H9BrClF2N5/c14-8-2-1-7-4-18-13(20-9(7)3-8)21-10-5-19-22(12(10)15)6-11(16)17/h1-5,11H,6H2,(H,18,20,21). The van der Waals surface area contributed by atoms with Crippen LogP contribution in [-0.4, -0.2) is 26.2 Å². The van der Waals surface area contributed by atoms with Crippen molar-refractivity contribution in [1.29, 1.82) is 0 Å². The highest BCUT2D eigenvalue weighted by Gasteiger charge is 2.13. The van der Waals surface area contributed by atoms with Gasteiger partial charge in [0, 0.05) is 16.1 Å². The number of fused-ring (bicyclic) bond motifs is 1. The lowest BCUT2D eigenvalue weighted by Crippen LogP contribution is -2.08. The van der Waals surface area contributed by atoms with Gasteiger partial charge in [-0.05, 0) is 12.1 Å². The summed E-state index contributed by atoms with van der Waals surface area (Å²) in [6.07, 6.45) is 0.493. The molecule has 0 atom stereocenters. The summed E-state index contributed by atoms with van der Waals surface area (Å²) in [5, 5.41) is 7.65. The molecule has 22 heavy (non-hydrogen) atoms. The van der Waals surface area contributed by atoms with E-state index in [1.165, 1.54) is 6.20 Å². The number of halogens is 4. The lowest BCUT2D eigenvalue weighted by molar-refractivity contribution is 0.122. The second-order valence-corrected chi connectivity index (χ2v) is 5.72. The predicted octanol–water partition coefficient (Wildman–Crippen LogP) is 4.25. The van der Waals surface area contributed by atoms with E-state index in [0.29, 0.717) is 11.6 Å². The highest BCUT2D eigenvalue weighted by molar-refractivity contribution is 9.10. The zero-order chi connectivity index (χ0) is 15.7. The van der Waals surface area contributed by atoms with Gasteiger partial charge in [-0.1, -0.05) is 33.6 Å². The second-order valence-electron chi connectivity index (χ2n) is 4.44. The van der Waals surface area contributed by atoms with Gasteiger partial charge < -0.3 is 5.32 Å². The van der Waals surface area contributed by atoms with Crippen LogP contribution >= 0.6 is 27.5 Å². The molecule has 3 aromatic rings. The number of benzene rings is 1. The minimum Gasteiger partial charge on any atom is -0.320 e. The van der Waals surface area contributed by atoms with E-state index in [1.54, 1.807) is 6.20 Å². The molecule has 0 fully saturated rings. The van der Waals surface area contributed by atoms with Crippen LogP contribution in [0.2, 0.25) is 5.15 Å². The lowest BCUT2D eigenvalue weighted by Gasteiger charge is -2.05. The summed E-state index contributed by atoms with van der Waals surface area (Å²) in [5.41, 5.74) is 1.11. The third-order valence-electron chi connectivity index (χ3n) is 2.88. The van der Waals surface area contributed by atoms with Gasteiger partial charge in [-0.15, -0.1) is 0 Å². The Balaban J connectivity index is 1.88. The zero-order valence-electron chi connectivity index (χ0n) is 11.0. The van der Waals surface area contributed by atoms with Crippen molar-refractivity contribution in [2.75, 3.05) is 5.32 Å². The molecule has 0 bridgehead atoms. The molecule has 114 valence electrons. The third-order valence-corrected chi connectivity index (χ3v) is 3.77. The van der Waals surface area contributed by atoms with E-state index in [9.17, 15) is 8.78 Å². The molecule has 0 saturated heterocycles. The number of rotatable bonds is 4. The maximum atomic E-state index is 12.4. The van der Waals surface area contributed by atoms with Gasteiger partial charge in [0.15, 0.2) is 5.15 Å². The summed E-state index contributed by atoms with van der Waals surface area (Å²) >= 11 is 9.38. The van der Waals surface area contributed by atoms with Gasteiger partial charge in [-0.25, -0.2) is 23.4 Å². The Morgan fingerprint density at radius 2 is 2.14 bits per heavy atom. The van der Waals surface area contributed by atoms with Crippen LogP contribution in [0, 0.1) is 0 Å². The largest absolute Gasteiger partial charge is 0.320 e. The van der Waals surface area contributed by atoms with E-state index < -0.39 is 13.0 Å². The Hall–Kier alpha value is -1.80. The number of aromatic nitrogens is 4. The van der Waals surface area contributed by atoms with E-state index in [2.05, 4.69) is 36.3 Å². The first kappa shape index (κ1) is 15.1. The van der Waals surface area contributed by atoms with E-state index in [1.807, 2.05) is 18.2 Å². The van der Waals surface area contributed by atoms with Crippen LogP contribution in [0.25, 0.3) is 10.9 Å². The third kappa shape index (κ3) is 3.17. The van der Waals surface area contributed by atoms with E-state index in [4.69, 9.17) is 11.6 Å². The summed E-state index contributed by atoms with van der Waals surface area (Å²) in [7, 11) is 0. The molecule has 0 aliphatic carbocycles. The molecular formula is C13H9BrClF2N5. The van der Waals surface area contributed by atoms with Crippen LogP contribution in [0.15, 0.2) is 35.1 Å². The Morgan fingerprint density at radius 3 is 2.91 bits per heavy atom. The average molecular weight is 389 g/mol. The molecule has 1 N–H and O–H groups in total. The summed E-state index contributed by atoms with van der Waals surface area (Å²) in [6, 6.07) is 5.63. The molecule has 2 heterocycles. The topological polar surface area (TPSA) is 55.6 Å². The number of hydrogen-bond acceptors (Lipinski definition) is 4. The highest BCUT2D eigenvalue weighted by Crippen LogP contribution is 2.25. The number of hydrogen-bond donors (Lipinski definition) is 1. The van der Waals surface area contributed by atoms with Crippen molar-refractivity contribution in [2.45, 2.75) is 13.0 Å². The second kappa shape index (κ2) is 6.13. The highest BCUT2D eigenvalue weighted by atomic mass is 79.9. The summed E-state index contributed by atoms with van der Waals surface area (Å²) < 4.78 is 26.7. The number of anilines is 2. The van der Waals surface area contributed by atoms with Crippen molar-refractivity contribution in [2.24, 2.45) is 0 Å².